The van der Waals surface area contributed by atoms with E-state index in [1.807, 2.05) is 0 Å². The molecule has 0 aromatic heterocycles. The summed E-state index contributed by atoms with van der Waals surface area (Å²) in [4.78, 5) is 7.74. The number of hydrogen-bond acceptors (Lipinski definition) is 3. The molecule has 3 saturated heterocycles. The Bertz CT molecular complexity index is 274. The average Bonchev–Trinajstić information content (AvgIpc) is 1.90. The summed E-state index contributed by atoms with van der Waals surface area (Å²) >= 11 is 0. The van der Waals surface area contributed by atoms with E-state index in [-0.39, 0.29) is 0 Å². The van der Waals surface area contributed by atoms with Gasteiger partial charge in [-0.1, -0.05) is 0 Å². The predicted molar refractivity (Wildman–Crippen MR) is 66.6 cm³/mol. The molecule has 3 heteroatoms. The normalized spacial score (nSPS) is 32.2. The van der Waals surface area contributed by atoms with Gasteiger partial charge in [-0.2, -0.15) is 0 Å². The summed E-state index contributed by atoms with van der Waals surface area (Å²) in [7, 11) is 2.23. The summed E-state index contributed by atoms with van der Waals surface area (Å²) in [6.07, 6.45) is 0. The molecule has 16 heavy (non-hydrogen) atoms. The molecule has 3 rings (SSSR count). The summed E-state index contributed by atoms with van der Waals surface area (Å²) in [6, 6.07) is 0.857. The molecule has 0 atom stereocenters. The van der Waals surface area contributed by atoms with Crippen molar-refractivity contribution < 1.29 is 0 Å². The maximum absolute atomic E-state index is 2.70. The molecule has 3 heterocycles. The highest BCUT2D eigenvalue weighted by molar-refractivity contribution is 5.08. The Balaban J connectivity index is 1.43. The second-order valence-corrected chi connectivity index (χ2v) is 7.31. The first-order chi connectivity index (χ1) is 7.38. The van der Waals surface area contributed by atoms with Gasteiger partial charge in [-0.05, 0) is 27.8 Å². The molecule has 0 bridgehead atoms. The fourth-order valence-electron chi connectivity index (χ4n) is 3.61. The third kappa shape index (κ3) is 1.60. The monoisotopic (exact) mass is 223 g/mol. The Morgan fingerprint density at radius 3 is 2.00 bits per heavy atom. The number of likely N-dealkylation sites (tertiary alicyclic amines) is 3. The molecule has 0 aromatic rings. The molecule has 1 spiro atoms. The smallest absolute Gasteiger partial charge is 0.0351 e. The Hall–Kier alpha value is -0.120. The summed E-state index contributed by atoms with van der Waals surface area (Å²) in [5.74, 6) is 0. The van der Waals surface area contributed by atoms with E-state index in [1.54, 1.807) is 0 Å². The van der Waals surface area contributed by atoms with Gasteiger partial charge < -0.3 is 4.90 Å². The molecular weight excluding hydrogens is 198 g/mol. The zero-order chi connectivity index (χ0) is 11.6. The van der Waals surface area contributed by atoms with Crippen molar-refractivity contribution in [2.75, 3.05) is 46.3 Å². The first-order valence-electron chi connectivity index (χ1n) is 6.56. The number of nitrogens with zero attached hydrogens (tertiary/aromatic N) is 3. The van der Waals surface area contributed by atoms with Crippen LogP contribution < -0.4 is 0 Å². The Kier molecular flexibility index (Phi) is 2.21. The van der Waals surface area contributed by atoms with Crippen LogP contribution in [-0.4, -0.2) is 72.6 Å². The third-order valence-electron chi connectivity index (χ3n) is 4.62. The maximum atomic E-state index is 2.70. The van der Waals surface area contributed by atoms with E-state index >= 15 is 0 Å². The fraction of sp³-hybridized carbons (Fsp3) is 1.00. The van der Waals surface area contributed by atoms with Gasteiger partial charge in [0.1, 0.15) is 0 Å². The molecule has 0 aliphatic carbocycles. The summed E-state index contributed by atoms with van der Waals surface area (Å²) in [6.45, 7) is 14.9. The summed E-state index contributed by atoms with van der Waals surface area (Å²) in [5, 5.41) is 0. The van der Waals surface area contributed by atoms with E-state index in [9.17, 15) is 0 Å². The lowest BCUT2D eigenvalue weighted by Gasteiger charge is -2.64. The van der Waals surface area contributed by atoms with Crippen molar-refractivity contribution in [3.05, 3.63) is 0 Å². The fourth-order valence-corrected chi connectivity index (χ4v) is 3.61. The zero-order valence-electron chi connectivity index (χ0n) is 11.2. The van der Waals surface area contributed by atoms with Crippen LogP contribution >= 0.6 is 0 Å². The van der Waals surface area contributed by atoms with Crippen LogP contribution in [0.5, 0.6) is 0 Å². The Labute approximate surface area is 99.4 Å². The van der Waals surface area contributed by atoms with Crippen LogP contribution in [0.4, 0.5) is 0 Å². The quantitative estimate of drug-likeness (QED) is 0.648. The minimum atomic E-state index is 0.371. The van der Waals surface area contributed by atoms with Crippen LogP contribution in [0.15, 0.2) is 0 Å². The lowest BCUT2D eigenvalue weighted by atomic mass is 9.72. The second-order valence-electron chi connectivity index (χ2n) is 7.31. The highest BCUT2D eigenvalue weighted by Gasteiger charge is 2.53. The molecule has 92 valence electrons. The molecule has 3 nitrogen and oxygen atoms in total. The molecule has 0 saturated carbocycles. The molecule has 3 aliphatic heterocycles. The summed E-state index contributed by atoms with van der Waals surface area (Å²) < 4.78 is 0. The highest BCUT2D eigenvalue weighted by atomic mass is 15.4. The molecule has 0 amide bonds. The van der Waals surface area contributed by atoms with Crippen LogP contribution in [0, 0.1) is 5.41 Å². The highest BCUT2D eigenvalue weighted by Crippen LogP contribution is 2.41. The van der Waals surface area contributed by atoms with E-state index in [0.717, 1.165) is 6.04 Å². The van der Waals surface area contributed by atoms with Crippen molar-refractivity contribution in [3.8, 4) is 0 Å². The van der Waals surface area contributed by atoms with E-state index in [2.05, 4.69) is 42.5 Å². The van der Waals surface area contributed by atoms with Crippen LogP contribution in [0.25, 0.3) is 0 Å². The van der Waals surface area contributed by atoms with Gasteiger partial charge in [0.05, 0.1) is 0 Å². The summed E-state index contributed by atoms with van der Waals surface area (Å²) in [5.41, 5.74) is 1.08. The van der Waals surface area contributed by atoms with Gasteiger partial charge in [0.2, 0.25) is 0 Å². The van der Waals surface area contributed by atoms with Crippen molar-refractivity contribution in [1.29, 1.82) is 0 Å². The van der Waals surface area contributed by atoms with Crippen molar-refractivity contribution in [2.24, 2.45) is 5.41 Å². The van der Waals surface area contributed by atoms with Crippen molar-refractivity contribution in [2.45, 2.75) is 32.4 Å². The first-order valence-corrected chi connectivity index (χ1v) is 6.56. The Morgan fingerprint density at radius 1 is 1.00 bits per heavy atom. The van der Waals surface area contributed by atoms with Gasteiger partial charge in [0, 0.05) is 56.3 Å². The van der Waals surface area contributed by atoms with Gasteiger partial charge in [0.15, 0.2) is 0 Å². The average molecular weight is 223 g/mol. The molecule has 0 N–H and O–H groups in total. The van der Waals surface area contributed by atoms with Crippen LogP contribution in [-0.2, 0) is 0 Å². The minimum Gasteiger partial charge on any atom is -0.305 e. The van der Waals surface area contributed by atoms with Gasteiger partial charge in [-0.25, -0.2) is 0 Å². The Morgan fingerprint density at radius 2 is 1.56 bits per heavy atom. The van der Waals surface area contributed by atoms with E-state index in [1.165, 1.54) is 39.3 Å². The number of rotatable bonds is 1. The van der Waals surface area contributed by atoms with Gasteiger partial charge in [-0.3, -0.25) is 9.80 Å². The van der Waals surface area contributed by atoms with E-state index < -0.39 is 0 Å². The van der Waals surface area contributed by atoms with Crippen molar-refractivity contribution >= 4 is 0 Å². The van der Waals surface area contributed by atoms with Crippen molar-refractivity contribution in [1.82, 2.24) is 14.7 Å². The molecular formula is C13H25N3. The molecule has 0 radical (unpaired) electrons. The van der Waals surface area contributed by atoms with Crippen molar-refractivity contribution in [3.63, 3.8) is 0 Å². The first kappa shape index (κ1) is 11.0. The third-order valence-corrected chi connectivity index (χ3v) is 4.62. The standard InChI is InChI=1S/C13H25N3/c1-12(2,3)16-5-11(6-16)15-9-13(10-15)7-14(4)8-13/h11H,5-10H2,1-4H3. The lowest BCUT2D eigenvalue weighted by molar-refractivity contribution is -0.152. The molecule has 0 aromatic carbocycles. The van der Waals surface area contributed by atoms with Gasteiger partial charge in [-0.15, -0.1) is 0 Å². The molecule has 3 aliphatic rings. The van der Waals surface area contributed by atoms with Crippen LogP contribution in [0.3, 0.4) is 0 Å². The van der Waals surface area contributed by atoms with Gasteiger partial charge >= 0.3 is 0 Å². The van der Waals surface area contributed by atoms with Crippen LogP contribution in [0.2, 0.25) is 0 Å². The molecule has 3 fully saturated rings. The predicted octanol–water partition coefficient (Wildman–Crippen LogP) is 0.717. The molecule has 0 unspecified atom stereocenters. The second kappa shape index (κ2) is 3.21. The topological polar surface area (TPSA) is 9.72 Å². The van der Waals surface area contributed by atoms with E-state index in [4.69, 9.17) is 0 Å². The van der Waals surface area contributed by atoms with E-state index in [0.29, 0.717) is 11.0 Å². The SMILES string of the molecule is CN1CC2(C1)CN(C1CN(C(C)(C)C)C1)C2. The maximum Gasteiger partial charge on any atom is 0.0351 e. The zero-order valence-corrected chi connectivity index (χ0v) is 11.2. The number of hydrogen-bond donors (Lipinski definition) is 0. The van der Waals surface area contributed by atoms with Crippen LogP contribution in [0.1, 0.15) is 20.8 Å². The van der Waals surface area contributed by atoms with Gasteiger partial charge in [0.25, 0.3) is 0 Å². The minimum absolute atomic E-state index is 0.371. The largest absolute Gasteiger partial charge is 0.305 e. The lowest BCUT2D eigenvalue weighted by Crippen LogP contribution is -2.77.